The maximum atomic E-state index is 12.0. The summed E-state index contributed by atoms with van der Waals surface area (Å²) in [5.41, 5.74) is 0. The summed E-state index contributed by atoms with van der Waals surface area (Å²) >= 11 is 4.41. The highest BCUT2D eigenvalue weighted by molar-refractivity contribution is 7.80. The summed E-state index contributed by atoms with van der Waals surface area (Å²) in [6, 6.07) is 0. The van der Waals surface area contributed by atoms with Crippen LogP contribution in [0.5, 0.6) is 0 Å². The average Bonchev–Trinajstić information content (AvgIpc) is 2.32. The third-order valence-electron chi connectivity index (χ3n) is 1.92. The highest BCUT2D eigenvalue weighted by atomic mass is 32.1. The number of allylic oxidation sites excluding steroid dienone is 1. The second-order valence-electron chi connectivity index (χ2n) is 3.00. The fraction of sp³-hybridized carbons (Fsp3) is 0.667. The fourth-order valence-electron chi connectivity index (χ4n) is 1.27. The molecule has 0 aromatic rings. The van der Waals surface area contributed by atoms with Crippen LogP contribution in [-0.2, 0) is 4.74 Å². The molecule has 1 rings (SSSR count). The van der Waals surface area contributed by atoms with E-state index in [-0.39, 0.29) is 6.10 Å². The van der Waals surface area contributed by atoms with Gasteiger partial charge in [0.1, 0.15) is 6.10 Å². The van der Waals surface area contributed by atoms with Gasteiger partial charge in [-0.1, -0.05) is 12.2 Å². The van der Waals surface area contributed by atoms with Crippen molar-refractivity contribution in [1.29, 1.82) is 0 Å². The maximum absolute atomic E-state index is 12.0. The summed E-state index contributed by atoms with van der Waals surface area (Å²) in [5.74, 6) is 0. The van der Waals surface area contributed by atoms with Gasteiger partial charge in [-0.2, -0.15) is 0 Å². The number of rotatable bonds is 2. The van der Waals surface area contributed by atoms with Crippen LogP contribution < -0.4 is 0 Å². The van der Waals surface area contributed by atoms with Crippen LogP contribution in [0.25, 0.3) is 0 Å². The molecule has 0 aromatic carbocycles. The van der Waals surface area contributed by atoms with Gasteiger partial charge in [-0.15, -0.1) is 0 Å². The number of ether oxygens (including phenoxy) is 1. The molecule has 74 valence electrons. The van der Waals surface area contributed by atoms with Crippen LogP contribution in [0, 0.1) is 0 Å². The predicted octanol–water partition coefficient (Wildman–Crippen LogP) is 3.09. The molecule has 0 saturated carbocycles. The predicted molar refractivity (Wildman–Crippen MR) is 51.1 cm³/mol. The second-order valence-corrected chi connectivity index (χ2v) is 3.40. The molecular weight excluding hydrogens is 194 g/mol. The highest BCUT2D eigenvalue weighted by Gasteiger charge is 2.18. The Bertz CT molecular complexity index is 204. The third-order valence-corrected chi connectivity index (χ3v) is 2.20. The topological polar surface area (TPSA) is 9.23 Å². The van der Waals surface area contributed by atoms with Crippen molar-refractivity contribution < 1.29 is 13.5 Å². The van der Waals surface area contributed by atoms with E-state index in [1.54, 1.807) is 0 Å². The largest absolute Gasteiger partial charge is 0.479 e. The van der Waals surface area contributed by atoms with E-state index in [1.807, 2.05) is 6.08 Å². The normalized spacial score (nSPS) is 22.8. The zero-order valence-electron chi connectivity index (χ0n) is 7.21. The average molecular weight is 206 g/mol. The number of thiocarbonyl (C=S) groups is 1. The molecule has 0 amide bonds. The molecule has 0 N–H and O–H groups in total. The van der Waals surface area contributed by atoms with Gasteiger partial charge in [0.25, 0.3) is 0 Å². The Kier molecular flexibility index (Phi) is 4.28. The lowest BCUT2D eigenvalue weighted by Crippen LogP contribution is -2.20. The summed E-state index contributed by atoms with van der Waals surface area (Å²) < 4.78 is 29.0. The van der Waals surface area contributed by atoms with Crippen molar-refractivity contribution in [2.75, 3.05) is 0 Å². The molecule has 0 radical (unpaired) electrons. The number of hydrogen-bond donors (Lipinski definition) is 0. The van der Waals surface area contributed by atoms with Crippen LogP contribution in [0.3, 0.4) is 0 Å². The van der Waals surface area contributed by atoms with Crippen molar-refractivity contribution in [2.24, 2.45) is 0 Å². The van der Waals surface area contributed by atoms with Crippen molar-refractivity contribution in [1.82, 2.24) is 0 Å². The van der Waals surface area contributed by atoms with Gasteiger partial charge in [-0.25, -0.2) is 8.78 Å². The van der Waals surface area contributed by atoms with E-state index in [0.29, 0.717) is 6.42 Å². The second kappa shape index (κ2) is 5.27. The molecule has 0 aromatic heterocycles. The Hall–Kier alpha value is -0.510. The highest BCUT2D eigenvalue weighted by Crippen LogP contribution is 2.16. The van der Waals surface area contributed by atoms with Gasteiger partial charge in [0.2, 0.25) is 5.05 Å². The quantitative estimate of drug-likeness (QED) is 0.507. The summed E-state index contributed by atoms with van der Waals surface area (Å²) in [6.45, 7) is 0. The zero-order valence-corrected chi connectivity index (χ0v) is 8.03. The van der Waals surface area contributed by atoms with Crippen LogP contribution in [0.15, 0.2) is 12.2 Å². The first-order valence-corrected chi connectivity index (χ1v) is 4.74. The fourth-order valence-corrected chi connectivity index (χ4v) is 1.41. The molecule has 0 bridgehead atoms. The lowest BCUT2D eigenvalue weighted by Gasteiger charge is -2.16. The monoisotopic (exact) mass is 206 g/mol. The molecule has 0 spiro atoms. The maximum Gasteiger partial charge on any atom is 0.305 e. The van der Waals surface area contributed by atoms with Crippen LogP contribution in [-0.4, -0.2) is 17.6 Å². The number of hydrogen-bond acceptors (Lipinski definition) is 2. The standard InChI is InChI=1S/C9H12F2OS/c10-8(11)9(13)12-7-5-3-1-2-4-6-7/h1,3,7-8H,2,4-6H2. The van der Waals surface area contributed by atoms with Crippen LogP contribution in [0.4, 0.5) is 8.78 Å². The van der Waals surface area contributed by atoms with Crippen molar-refractivity contribution in [3.8, 4) is 0 Å². The molecule has 0 fully saturated rings. The Morgan fingerprint density at radius 1 is 1.46 bits per heavy atom. The lowest BCUT2D eigenvalue weighted by molar-refractivity contribution is 0.127. The van der Waals surface area contributed by atoms with E-state index in [1.165, 1.54) is 0 Å². The summed E-state index contributed by atoms with van der Waals surface area (Å²) in [4.78, 5) is 0. The molecule has 1 aliphatic rings. The van der Waals surface area contributed by atoms with Crippen molar-refractivity contribution in [3.05, 3.63) is 12.2 Å². The molecule has 0 saturated heterocycles. The number of alkyl halides is 2. The first-order chi connectivity index (χ1) is 6.20. The molecular formula is C9H12F2OS. The van der Waals surface area contributed by atoms with Crippen molar-refractivity contribution in [2.45, 2.75) is 38.2 Å². The first kappa shape index (κ1) is 10.6. The van der Waals surface area contributed by atoms with Gasteiger partial charge in [-0.3, -0.25) is 0 Å². The lowest BCUT2D eigenvalue weighted by atomic mass is 10.1. The van der Waals surface area contributed by atoms with E-state index < -0.39 is 11.5 Å². The third kappa shape index (κ3) is 3.81. The molecule has 13 heavy (non-hydrogen) atoms. The Morgan fingerprint density at radius 2 is 2.23 bits per heavy atom. The molecule has 1 unspecified atom stereocenters. The molecule has 0 aliphatic heterocycles. The van der Waals surface area contributed by atoms with Gasteiger partial charge < -0.3 is 4.74 Å². The SMILES string of the molecule is FC(F)C(=S)OC1CC=CCCC1. The van der Waals surface area contributed by atoms with Crippen molar-refractivity contribution in [3.63, 3.8) is 0 Å². The Labute approximate surface area is 81.8 Å². The Morgan fingerprint density at radius 3 is 2.92 bits per heavy atom. The first-order valence-electron chi connectivity index (χ1n) is 4.34. The van der Waals surface area contributed by atoms with Gasteiger partial charge in [0.05, 0.1) is 0 Å². The summed E-state index contributed by atoms with van der Waals surface area (Å²) in [5, 5.41) is -0.569. The van der Waals surface area contributed by atoms with E-state index in [2.05, 4.69) is 18.3 Å². The molecule has 1 atom stereocenters. The van der Waals surface area contributed by atoms with Gasteiger partial charge in [0.15, 0.2) is 0 Å². The van der Waals surface area contributed by atoms with Gasteiger partial charge in [-0.05, 0) is 31.5 Å². The van der Waals surface area contributed by atoms with E-state index in [9.17, 15) is 8.78 Å². The van der Waals surface area contributed by atoms with Crippen LogP contribution in [0.2, 0.25) is 0 Å². The Balaban J connectivity index is 2.35. The van der Waals surface area contributed by atoms with E-state index in [0.717, 1.165) is 19.3 Å². The minimum Gasteiger partial charge on any atom is -0.479 e. The summed E-state index contributed by atoms with van der Waals surface area (Å²) in [7, 11) is 0. The molecule has 1 nitrogen and oxygen atoms in total. The van der Waals surface area contributed by atoms with Crippen LogP contribution in [0.1, 0.15) is 25.7 Å². The molecule has 4 heteroatoms. The minimum absolute atomic E-state index is 0.153. The van der Waals surface area contributed by atoms with E-state index in [4.69, 9.17) is 4.74 Å². The van der Waals surface area contributed by atoms with Crippen LogP contribution >= 0.6 is 12.2 Å². The van der Waals surface area contributed by atoms with Gasteiger partial charge in [0, 0.05) is 6.42 Å². The summed E-state index contributed by atoms with van der Waals surface area (Å²) in [6.07, 6.45) is 4.70. The molecule has 1 aliphatic carbocycles. The molecule has 0 heterocycles. The van der Waals surface area contributed by atoms with Crippen molar-refractivity contribution >= 4 is 17.3 Å². The zero-order chi connectivity index (χ0) is 9.68. The minimum atomic E-state index is -2.64. The van der Waals surface area contributed by atoms with E-state index >= 15 is 0 Å². The smallest absolute Gasteiger partial charge is 0.305 e. The van der Waals surface area contributed by atoms with Gasteiger partial charge >= 0.3 is 6.43 Å². The number of halogens is 2.